The average Bonchev–Trinajstić information content (AvgIpc) is 3.34. The maximum atomic E-state index is 13.4. The molecule has 3 aliphatic heterocycles. The van der Waals surface area contributed by atoms with Crippen molar-refractivity contribution >= 4 is 17.5 Å². The summed E-state index contributed by atoms with van der Waals surface area (Å²) in [4.78, 5) is 27.2. The molecule has 0 radical (unpaired) electrons. The van der Waals surface area contributed by atoms with Crippen LogP contribution < -0.4 is 4.74 Å². The lowest BCUT2D eigenvalue weighted by Gasteiger charge is -2.30. The highest BCUT2D eigenvalue weighted by atomic mass is 16.5. The van der Waals surface area contributed by atoms with Gasteiger partial charge in [0.05, 0.1) is 13.0 Å². The van der Waals surface area contributed by atoms with Crippen LogP contribution in [0.5, 0.6) is 5.75 Å². The average molecular weight is 511 g/mol. The highest BCUT2D eigenvalue weighted by Gasteiger charge is 2.25. The van der Waals surface area contributed by atoms with Gasteiger partial charge in [-0.1, -0.05) is 24.3 Å². The largest absolute Gasteiger partial charge is 0.494 e. The lowest BCUT2D eigenvalue weighted by Crippen LogP contribution is -2.36. The van der Waals surface area contributed by atoms with Gasteiger partial charge in [-0.3, -0.25) is 14.0 Å². The summed E-state index contributed by atoms with van der Waals surface area (Å²) in [6, 6.07) is 17.5. The molecule has 0 saturated heterocycles. The Morgan fingerprint density at radius 1 is 0.974 bits per heavy atom. The number of hydrogen-bond donors (Lipinski definition) is 1. The Balaban J connectivity index is 1.40. The summed E-state index contributed by atoms with van der Waals surface area (Å²) in [6.07, 6.45) is 6.31. The van der Waals surface area contributed by atoms with Crippen LogP contribution in [0.2, 0.25) is 0 Å². The molecular formula is C30H30N4O4. The minimum absolute atomic E-state index is 0.0210. The van der Waals surface area contributed by atoms with Gasteiger partial charge in [0.15, 0.2) is 5.65 Å². The fourth-order valence-corrected chi connectivity index (χ4v) is 5.57. The van der Waals surface area contributed by atoms with Crippen LogP contribution in [-0.2, 0) is 24.2 Å². The maximum Gasteiger partial charge on any atom is 0.304 e. The second kappa shape index (κ2) is 10.3. The number of ether oxygens (including phenoxy) is 1. The fraction of sp³-hybridized carbons (Fsp3) is 0.333. The number of benzene rings is 2. The van der Waals surface area contributed by atoms with Crippen molar-refractivity contribution in [3.63, 3.8) is 0 Å². The molecule has 8 heteroatoms. The first kappa shape index (κ1) is 24.2. The molecule has 9 bridgehead atoms. The van der Waals surface area contributed by atoms with Crippen molar-refractivity contribution in [2.24, 2.45) is 0 Å². The van der Waals surface area contributed by atoms with Crippen molar-refractivity contribution in [3.8, 4) is 5.75 Å². The fourth-order valence-electron chi connectivity index (χ4n) is 5.57. The molecule has 2 aromatic carbocycles. The summed E-state index contributed by atoms with van der Waals surface area (Å²) < 4.78 is 7.95. The molecule has 38 heavy (non-hydrogen) atoms. The maximum absolute atomic E-state index is 13.4. The summed E-state index contributed by atoms with van der Waals surface area (Å²) in [5.41, 5.74) is 5.40. The Hall–Kier alpha value is -4.20. The van der Waals surface area contributed by atoms with E-state index in [1.807, 2.05) is 58.0 Å². The van der Waals surface area contributed by atoms with E-state index in [4.69, 9.17) is 4.74 Å². The van der Waals surface area contributed by atoms with Crippen LogP contribution in [0.1, 0.15) is 70.0 Å². The van der Waals surface area contributed by atoms with Gasteiger partial charge in [-0.15, -0.1) is 10.2 Å². The van der Waals surface area contributed by atoms with Gasteiger partial charge in [-0.05, 0) is 78.3 Å². The van der Waals surface area contributed by atoms with Crippen molar-refractivity contribution in [3.05, 3.63) is 94.4 Å². The highest BCUT2D eigenvalue weighted by molar-refractivity contribution is 5.94. The van der Waals surface area contributed by atoms with Gasteiger partial charge < -0.3 is 14.7 Å². The molecular weight excluding hydrogens is 480 g/mol. The van der Waals surface area contributed by atoms with Gasteiger partial charge in [0, 0.05) is 37.2 Å². The lowest BCUT2D eigenvalue weighted by molar-refractivity contribution is -0.137. The quantitative estimate of drug-likeness (QED) is 0.422. The van der Waals surface area contributed by atoms with E-state index >= 15 is 0 Å². The molecule has 0 saturated carbocycles. The summed E-state index contributed by atoms with van der Waals surface area (Å²) >= 11 is 0. The first-order valence-corrected chi connectivity index (χ1v) is 13.2. The molecule has 194 valence electrons. The van der Waals surface area contributed by atoms with E-state index < -0.39 is 5.97 Å². The van der Waals surface area contributed by atoms with Gasteiger partial charge in [-0.2, -0.15) is 0 Å². The monoisotopic (exact) mass is 510 g/mol. The van der Waals surface area contributed by atoms with Gasteiger partial charge in [0.1, 0.15) is 11.6 Å². The van der Waals surface area contributed by atoms with Crippen molar-refractivity contribution in [2.75, 3.05) is 13.2 Å². The second-order valence-corrected chi connectivity index (χ2v) is 10.1. The number of carboxylic acid groups (broad SMARTS) is 1. The minimum atomic E-state index is -0.862. The number of nitrogens with zero attached hydrogens (tertiary/aromatic N) is 4. The Morgan fingerprint density at radius 3 is 2.76 bits per heavy atom. The number of aromatic nitrogens is 3. The molecule has 5 heterocycles. The number of amides is 1. The predicted octanol–water partition coefficient (Wildman–Crippen LogP) is 4.64. The topological polar surface area (TPSA) is 97.0 Å². The zero-order valence-corrected chi connectivity index (χ0v) is 21.2. The molecule has 1 atom stereocenters. The molecule has 0 fully saturated rings. The van der Waals surface area contributed by atoms with E-state index in [0.29, 0.717) is 31.0 Å². The third-order valence-corrected chi connectivity index (χ3v) is 7.61. The Bertz CT molecular complexity index is 1510. The van der Waals surface area contributed by atoms with Crippen molar-refractivity contribution in [1.29, 1.82) is 0 Å². The van der Waals surface area contributed by atoms with Crippen LogP contribution in [0.4, 0.5) is 0 Å². The number of hydrogen-bond acceptors (Lipinski definition) is 5. The number of aryl methyl sites for hydroxylation is 1. The number of carbonyl (C=O) groups is 2. The van der Waals surface area contributed by atoms with E-state index in [2.05, 4.69) is 22.3 Å². The molecule has 0 aliphatic carbocycles. The lowest BCUT2D eigenvalue weighted by atomic mass is 9.86. The third-order valence-electron chi connectivity index (χ3n) is 7.61. The highest BCUT2D eigenvalue weighted by Crippen LogP contribution is 2.32. The molecule has 4 aromatic rings. The summed E-state index contributed by atoms with van der Waals surface area (Å²) in [6.45, 7) is 1.71. The third kappa shape index (κ3) is 4.86. The van der Waals surface area contributed by atoms with Gasteiger partial charge in [0.25, 0.3) is 5.91 Å². The summed E-state index contributed by atoms with van der Waals surface area (Å²) in [5.74, 6) is 0.383. The Morgan fingerprint density at radius 2 is 1.87 bits per heavy atom. The van der Waals surface area contributed by atoms with E-state index in [9.17, 15) is 14.7 Å². The number of fused-ring (bicyclic) bond motifs is 6. The Labute approximate surface area is 220 Å². The molecule has 0 spiro atoms. The smallest absolute Gasteiger partial charge is 0.304 e. The van der Waals surface area contributed by atoms with E-state index in [0.717, 1.165) is 60.3 Å². The van der Waals surface area contributed by atoms with Gasteiger partial charge in [-0.25, -0.2) is 0 Å². The van der Waals surface area contributed by atoms with Crippen LogP contribution in [0.15, 0.2) is 60.8 Å². The zero-order valence-electron chi connectivity index (χ0n) is 21.2. The van der Waals surface area contributed by atoms with Crippen molar-refractivity contribution in [1.82, 2.24) is 19.5 Å². The summed E-state index contributed by atoms with van der Waals surface area (Å²) in [7, 11) is 0. The van der Waals surface area contributed by atoms with Crippen LogP contribution in [0.25, 0.3) is 5.65 Å². The van der Waals surface area contributed by atoms with Crippen LogP contribution in [0.3, 0.4) is 0 Å². The van der Waals surface area contributed by atoms with Gasteiger partial charge >= 0.3 is 5.97 Å². The molecule has 2 aromatic heterocycles. The number of carboxylic acids is 1. The molecule has 1 amide bonds. The summed E-state index contributed by atoms with van der Waals surface area (Å²) in [5, 5.41) is 18.5. The SMILES string of the molecule is O=C(O)CC1c2ccc3c(c2)CN(CC3)C(=O)c2cccc(c2)OCCCCCc2nnc3cc1ccn23. The van der Waals surface area contributed by atoms with Crippen molar-refractivity contribution < 1.29 is 19.4 Å². The van der Waals surface area contributed by atoms with Gasteiger partial charge in [0.2, 0.25) is 0 Å². The molecule has 8 nitrogen and oxygen atoms in total. The molecule has 1 N–H and O–H groups in total. The zero-order chi connectivity index (χ0) is 26.1. The van der Waals surface area contributed by atoms with Crippen LogP contribution in [-0.4, -0.2) is 49.6 Å². The predicted molar refractivity (Wildman–Crippen MR) is 141 cm³/mol. The number of carbonyl (C=O) groups excluding carboxylic acids is 1. The van der Waals surface area contributed by atoms with Crippen LogP contribution in [0, 0.1) is 0 Å². The first-order valence-electron chi connectivity index (χ1n) is 13.2. The van der Waals surface area contributed by atoms with Crippen molar-refractivity contribution in [2.45, 2.75) is 51.0 Å². The Kier molecular flexibility index (Phi) is 6.54. The standard InChI is InChI=1S/C30H30N4O4/c35-29(36)18-26-21-9-8-20-10-12-33(19-24(20)15-21)30(37)23-5-4-6-25(16-23)38-14-3-1-2-7-27-31-32-28-17-22(26)11-13-34(27)28/h4-6,8-9,11,13,15-17,26H,1-3,7,10,12,14,18-19H2,(H,35,36). The minimum Gasteiger partial charge on any atom is -0.494 e. The first-order chi connectivity index (χ1) is 18.5. The number of rotatable bonds is 2. The number of aliphatic carboxylic acids is 1. The number of pyridine rings is 1. The van der Waals surface area contributed by atoms with E-state index in [1.165, 1.54) is 5.56 Å². The normalized spacial score (nSPS) is 17.9. The second-order valence-electron chi connectivity index (χ2n) is 10.1. The molecule has 7 rings (SSSR count). The molecule has 1 unspecified atom stereocenters. The molecule has 3 aliphatic rings. The van der Waals surface area contributed by atoms with E-state index in [-0.39, 0.29) is 18.2 Å². The van der Waals surface area contributed by atoms with Crippen LogP contribution >= 0.6 is 0 Å². The van der Waals surface area contributed by atoms with E-state index in [1.54, 1.807) is 0 Å².